The van der Waals surface area contributed by atoms with Gasteiger partial charge in [0.2, 0.25) is 0 Å². The van der Waals surface area contributed by atoms with Crippen LogP contribution in [0.4, 0.5) is 0 Å². The Kier molecular flexibility index (Phi) is 18.1. The summed E-state index contributed by atoms with van der Waals surface area (Å²) in [5.74, 6) is 0. The van der Waals surface area contributed by atoms with Gasteiger partial charge in [-0.15, -0.1) is 0 Å². The van der Waals surface area contributed by atoms with Crippen LogP contribution in [0.25, 0.3) is 0 Å². The van der Waals surface area contributed by atoms with Crippen molar-refractivity contribution < 1.29 is 10.2 Å². The van der Waals surface area contributed by atoms with Crippen LogP contribution in [0.3, 0.4) is 0 Å². The van der Waals surface area contributed by atoms with Gasteiger partial charge in [-0.25, -0.2) is 0 Å². The fourth-order valence-electron chi connectivity index (χ4n) is 0. The molecule has 0 aromatic heterocycles. The van der Waals surface area contributed by atoms with Crippen LogP contribution in [0.5, 0.6) is 0 Å². The Hall–Kier alpha value is -0.678. The van der Waals surface area contributed by atoms with E-state index in [1.54, 1.807) is 0 Å². The zero-order chi connectivity index (χ0) is 7.15. The maximum absolute atomic E-state index is 8.25. The number of rotatable bonds is 0. The molecule has 0 rings (SSSR count). The van der Waals surface area contributed by atoms with Crippen molar-refractivity contribution in [1.29, 1.82) is 0 Å². The summed E-state index contributed by atoms with van der Waals surface area (Å²) in [5.41, 5.74) is 0. The second kappa shape index (κ2) is 10.3. The smallest absolute Gasteiger partial charge is 0.0689 e. The van der Waals surface area contributed by atoms with Crippen LogP contribution in [-0.4, -0.2) is 37.5 Å². The van der Waals surface area contributed by atoms with Gasteiger partial charge in [-0.3, -0.25) is 0 Å². The monoisotopic (exact) mass is 332 g/mol. The normalized spacial score (nSPS) is 5.33. The molecule has 0 fully saturated rings. The topological polar surface area (TPSA) is 132 Å². The van der Waals surface area contributed by atoms with E-state index in [1.165, 1.54) is 0 Å². The van der Waals surface area contributed by atoms with E-state index in [-0.39, 0.29) is 27.3 Å². The summed E-state index contributed by atoms with van der Waals surface area (Å²) in [6.45, 7) is 0. The Bertz CT molecular complexity index is 69.1. The Labute approximate surface area is 68.5 Å². The Balaban J connectivity index is -0.0000000720. The third-order valence-corrected chi connectivity index (χ3v) is 0. The maximum atomic E-state index is 8.25. The van der Waals surface area contributed by atoms with Gasteiger partial charge in [0.15, 0.2) is 0 Å². The predicted molar refractivity (Wildman–Crippen MR) is 26.5 cm³/mol. The predicted octanol–water partition coefficient (Wildman–Crippen LogP) is -0.859. The van der Waals surface area contributed by atoms with Crippen LogP contribution in [0.15, 0.2) is 0 Å². The summed E-state index contributed by atoms with van der Waals surface area (Å²) in [4.78, 5) is 16.5. The Morgan fingerprint density at radius 1 is 0.778 bits per heavy atom. The fraction of sp³-hybridized carbons (Fsp3) is 0. The van der Waals surface area contributed by atoms with Gasteiger partial charge in [0, 0.05) is 27.3 Å². The van der Waals surface area contributed by atoms with E-state index in [0.717, 1.165) is 0 Å². The van der Waals surface area contributed by atoms with Gasteiger partial charge in [-0.05, 0) is 0 Å². The Morgan fingerprint density at radius 3 is 0.778 bits per heavy atom. The molecule has 0 aliphatic carbocycles. The molecule has 0 saturated carbocycles. The van der Waals surface area contributed by atoms with Gasteiger partial charge in [0.05, 0.1) is 10.2 Å². The van der Waals surface area contributed by atoms with Crippen LogP contribution in [0.1, 0.15) is 0 Å². The first kappa shape index (κ1) is 15.8. The van der Waals surface area contributed by atoms with Crippen LogP contribution < -0.4 is 0 Å². The second-order valence-corrected chi connectivity index (χ2v) is 0.447. The van der Waals surface area contributed by atoms with Crippen LogP contribution in [0.2, 0.25) is 0 Å². The molecule has 0 atom stereocenters. The van der Waals surface area contributed by atoms with E-state index in [9.17, 15) is 0 Å². The van der Waals surface area contributed by atoms with Crippen molar-refractivity contribution in [2.75, 3.05) is 0 Å². The molecule has 0 aliphatic rings. The standard InChI is InChI=1S/2NO3.Pb/c2*2-1(3)4;/q2*-1;. The van der Waals surface area contributed by atoms with Crippen LogP contribution >= 0.6 is 0 Å². The number of hydrogen-bond acceptors (Lipinski definition) is 6. The number of nitrogens with zero attached hydrogens (tertiary/aromatic N) is 2. The molecule has 9 heteroatoms. The van der Waals surface area contributed by atoms with E-state index in [4.69, 9.17) is 30.6 Å². The maximum Gasteiger partial charge on any atom is 0.0689 e. The quantitative estimate of drug-likeness (QED) is 0.322. The largest absolute Gasteiger partial charge is 0.356 e. The molecule has 0 aromatic carbocycles. The Morgan fingerprint density at radius 2 is 0.778 bits per heavy atom. The molecular formula is N2O6Pb-2. The van der Waals surface area contributed by atoms with Crippen molar-refractivity contribution in [2.45, 2.75) is 0 Å². The molecule has 0 amide bonds. The van der Waals surface area contributed by atoms with Gasteiger partial charge in [0.1, 0.15) is 0 Å². The summed E-state index contributed by atoms with van der Waals surface area (Å²) in [5, 5.41) is 29.5. The van der Waals surface area contributed by atoms with E-state index < -0.39 is 10.2 Å². The first-order valence-electron chi connectivity index (χ1n) is 1.10. The molecule has 0 aromatic rings. The summed E-state index contributed by atoms with van der Waals surface area (Å²) in [6, 6.07) is 0. The second-order valence-electron chi connectivity index (χ2n) is 0.447. The zero-order valence-electron chi connectivity index (χ0n) is 3.84. The third-order valence-electron chi connectivity index (χ3n) is 0. The van der Waals surface area contributed by atoms with Gasteiger partial charge >= 0.3 is 0 Å². The van der Waals surface area contributed by atoms with Crippen LogP contribution in [0, 0.1) is 30.6 Å². The zero-order valence-corrected chi connectivity index (χ0v) is 7.73. The molecule has 0 unspecified atom stereocenters. The molecule has 0 spiro atoms. The minimum atomic E-state index is -1.75. The van der Waals surface area contributed by atoms with E-state index in [2.05, 4.69) is 0 Å². The average molecular weight is 331 g/mol. The molecule has 8 nitrogen and oxygen atoms in total. The molecule has 0 bridgehead atoms. The molecule has 52 valence electrons. The summed E-state index contributed by atoms with van der Waals surface area (Å²) >= 11 is 0. The van der Waals surface area contributed by atoms with Crippen molar-refractivity contribution >= 4 is 27.3 Å². The van der Waals surface area contributed by atoms with E-state index in [0.29, 0.717) is 0 Å². The van der Waals surface area contributed by atoms with Crippen molar-refractivity contribution in [1.82, 2.24) is 0 Å². The van der Waals surface area contributed by atoms with Crippen LogP contribution in [-0.2, 0) is 0 Å². The molecule has 0 heterocycles. The van der Waals surface area contributed by atoms with Crippen molar-refractivity contribution in [2.24, 2.45) is 0 Å². The molecule has 4 radical (unpaired) electrons. The van der Waals surface area contributed by atoms with Crippen molar-refractivity contribution in [3.8, 4) is 0 Å². The third kappa shape index (κ3) is 451. The summed E-state index contributed by atoms with van der Waals surface area (Å²) in [7, 11) is 0. The minimum Gasteiger partial charge on any atom is -0.356 e. The van der Waals surface area contributed by atoms with Crippen molar-refractivity contribution in [3.05, 3.63) is 30.6 Å². The van der Waals surface area contributed by atoms with E-state index >= 15 is 0 Å². The minimum absolute atomic E-state index is 0. The van der Waals surface area contributed by atoms with Gasteiger partial charge < -0.3 is 30.6 Å². The summed E-state index contributed by atoms with van der Waals surface area (Å²) < 4.78 is 0. The van der Waals surface area contributed by atoms with Crippen molar-refractivity contribution in [3.63, 3.8) is 0 Å². The molecule has 0 aliphatic heterocycles. The molecular weight excluding hydrogens is 331 g/mol. The van der Waals surface area contributed by atoms with Gasteiger partial charge in [-0.1, -0.05) is 0 Å². The van der Waals surface area contributed by atoms with Gasteiger partial charge in [-0.2, -0.15) is 0 Å². The first-order valence-corrected chi connectivity index (χ1v) is 1.10. The molecule has 0 N–H and O–H groups in total. The number of hydrogen-bond donors (Lipinski definition) is 0. The SMILES string of the molecule is O=[N+]([O-])[O-].O=[N+]([O-])[O-].[Pb]. The summed E-state index contributed by atoms with van der Waals surface area (Å²) in [6.07, 6.45) is 0. The fourth-order valence-corrected chi connectivity index (χ4v) is 0. The van der Waals surface area contributed by atoms with E-state index in [1.807, 2.05) is 0 Å². The average Bonchev–Trinajstić information content (AvgIpc) is 1.25. The molecule has 0 saturated heterocycles. The first-order chi connectivity index (χ1) is 3.46. The molecule has 9 heavy (non-hydrogen) atoms. The van der Waals surface area contributed by atoms with Gasteiger partial charge in [0.25, 0.3) is 0 Å².